The maximum Gasteiger partial charge on any atom is 0.232 e. The molecule has 0 aromatic heterocycles. The van der Waals surface area contributed by atoms with Gasteiger partial charge in [-0.05, 0) is 44.5 Å². The smallest absolute Gasteiger partial charge is 0.232 e. The zero-order valence-corrected chi connectivity index (χ0v) is 11.7. The minimum Gasteiger partial charge on any atom is -0.320 e. The Morgan fingerprint density at radius 2 is 2.11 bits per heavy atom. The molecule has 1 aliphatic heterocycles. The summed E-state index contributed by atoms with van der Waals surface area (Å²) in [5.74, 6) is 0. The van der Waals surface area contributed by atoms with Crippen molar-refractivity contribution in [1.82, 2.24) is 5.32 Å². The van der Waals surface area contributed by atoms with Crippen LogP contribution in [-0.4, -0.2) is 34.3 Å². The van der Waals surface area contributed by atoms with E-state index in [2.05, 4.69) is 5.32 Å². The van der Waals surface area contributed by atoms with Gasteiger partial charge in [0.25, 0.3) is 0 Å². The van der Waals surface area contributed by atoms with Crippen LogP contribution < -0.4 is 9.62 Å². The summed E-state index contributed by atoms with van der Waals surface area (Å²) in [6.45, 7) is 0.832. The van der Waals surface area contributed by atoms with Crippen molar-refractivity contribution < 1.29 is 8.42 Å². The van der Waals surface area contributed by atoms with E-state index in [9.17, 15) is 8.42 Å². The first kappa shape index (κ1) is 13.4. The Labute approximate surface area is 109 Å². The van der Waals surface area contributed by atoms with E-state index >= 15 is 0 Å². The maximum atomic E-state index is 12.0. The second-order valence-corrected chi connectivity index (χ2v) is 6.63. The van der Waals surface area contributed by atoms with Gasteiger partial charge in [-0.25, -0.2) is 8.42 Å². The van der Waals surface area contributed by atoms with Crippen molar-refractivity contribution in [1.29, 1.82) is 0 Å². The molecule has 0 fully saturated rings. The number of hydrogen-bond donors (Lipinski definition) is 1. The van der Waals surface area contributed by atoms with Crippen molar-refractivity contribution >= 4 is 15.7 Å². The quantitative estimate of drug-likeness (QED) is 0.897. The van der Waals surface area contributed by atoms with Gasteiger partial charge in [-0.2, -0.15) is 0 Å². The van der Waals surface area contributed by atoms with Gasteiger partial charge < -0.3 is 5.32 Å². The molecule has 0 aliphatic carbocycles. The Hall–Kier alpha value is -1.07. The van der Waals surface area contributed by atoms with Gasteiger partial charge in [-0.3, -0.25) is 4.31 Å². The number of aryl methyl sites for hydroxylation is 1. The zero-order valence-electron chi connectivity index (χ0n) is 10.9. The van der Waals surface area contributed by atoms with Crippen LogP contribution in [0.25, 0.3) is 0 Å². The number of nitrogens with zero attached hydrogens (tertiary/aromatic N) is 1. The van der Waals surface area contributed by atoms with Crippen molar-refractivity contribution in [3.63, 3.8) is 0 Å². The molecule has 1 aromatic rings. The third-order valence-electron chi connectivity index (χ3n) is 3.39. The molecule has 1 aromatic carbocycles. The van der Waals surface area contributed by atoms with Crippen molar-refractivity contribution in [2.45, 2.75) is 25.3 Å². The van der Waals surface area contributed by atoms with Gasteiger partial charge in [0.2, 0.25) is 10.0 Å². The van der Waals surface area contributed by atoms with Crippen LogP contribution in [0.1, 0.15) is 18.4 Å². The van der Waals surface area contributed by atoms with Crippen LogP contribution in [0.15, 0.2) is 24.3 Å². The van der Waals surface area contributed by atoms with Crippen LogP contribution in [0.4, 0.5) is 5.69 Å². The van der Waals surface area contributed by atoms with E-state index < -0.39 is 10.0 Å². The monoisotopic (exact) mass is 268 g/mol. The summed E-state index contributed by atoms with van der Waals surface area (Å²) < 4.78 is 25.7. The van der Waals surface area contributed by atoms with Crippen LogP contribution in [-0.2, 0) is 16.4 Å². The molecule has 1 atom stereocenters. The summed E-state index contributed by atoms with van der Waals surface area (Å²) in [6, 6.07) is 7.86. The average Bonchev–Trinajstić information content (AvgIpc) is 2.34. The predicted molar refractivity (Wildman–Crippen MR) is 74.4 cm³/mol. The van der Waals surface area contributed by atoms with Crippen LogP contribution in [0, 0.1) is 0 Å². The highest BCUT2D eigenvalue weighted by molar-refractivity contribution is 7.92. The summed E-state index contributed by atoms with van der Waals surface area (Å²) in [5, 5.41) is 3.09. The van der Waals surface area contributed by atoms with E-state index in [0.717, 1.165) is 37.1 Å². The molecule has 4 nitrogen and oxygen atoms in total. The number of nitrogens with one attached hydrogen (secondary N) is 1. The fourth-order valence-electron chi connectivity index (χ4n) is 2.60. The lowest BCUT2D eigenvalue weighted by atomic mass is 9.96. The molecule has 100 valence electrons. The number of benzene rings is 1. The first-order valence-electron chi connectivity index (χ1n) is 6.26. The van der Waals surface area contributed by atoms with Gasteiger partial charge in [0.1, 0.15) is 0 Å². The molecule has 0 bridgehead atoms. The SMILES string of the molecule is CNCCC1CCc2ccccc2N1S(C)(=O)=O. The standard InChI is InChI=1S/C13H20N2O2S/c1-14-10-9-12-8-7-11-5-3-4-6-13(11)15(12)18(2,16)17/h3-6,12,14H,7-10H2,1-2H3. The van der Waals surface area contributed by atoms with Crippen LogP contribution in [0.5, 0.6) is 0 Å². The molecular weight excluding hydrogens is 248 g/mol. The van der Waals surface area contributed by atoms with Crippen molar-refractivity contribution in [3.05, 3.63) is 29.8 Å². The molecule has 0 spiro atoms. The number of fused-ring (bicyclic) bond motifs is 1. The Morgan fingerprint density at radius 1 is 1.39 bits per heavy atom. The number of sulfonamides is 1. The Morgan fingerprint density at radius 3 is 2.78 bits per heavy atom. The van der Waals surface area contributed by atoms with Crippen molar-refractivity contribution in [3.8, 4) is 0 Å². The molecule has 1 heterocycles. The molecule has 0 radical (unpaired) electrons. The molecule has 2 rings (SSSR count). The lowest BCUT2D eigenvalue weighted by Gasteiger charge is -2.37. The van der Waals surface area contributed by atoms with Gasteiger partial charge in [0.15, 0.2) is 0 Å². The molecule has 0 amide bonds. The molecule has 1 unspecified atom stereocenters. The highest BCUT2D eigenvalue weighted by Gasteiger charge is 2.31. The maximum absolute atomic E-state index is 12.0. The minimum absolute atomic E-state index is 0.0716. The average molecular weight is 268 g/mol. The number of hydrogen-bond acceptors (Lipinski definition) is 3. The Bertz CT molecular complexity index is 513. The molecule has 0 saturated heterocycles. The molecule has 1 aliphatic rings. The third-order valence-corrected chi connectivity index (χ3v) is 4.60. The Kier molecular flexibility index (Phi) is 3.92. The summed E-state index contributed by atoms with van der Waals surface area (Å²) in [6.07, 6.45) is 3.99. The molecule has 18 heavy (non-hydrogen) atoms. The molecular formula is C13H20N2O2S. The second kappa shape index (κ2) is 5.28. The second-order valence-electron chi connectivity index (χ2n) is 4.77. The molecule has 1 N–H and O–H groups in total. The summed E-state index contributed by atoms with van der Waals surface area (Å²) >= 11 is 0. The number of rotatable bonds is 4. The van der Waals surface area contributed by atoms with Gasteiger partial charge in [0.05, 0.1) is 11.9 Å². The van der Waals surface area contributed by atoms with Crippen LogP contribution in [0.3, 0.4) is 0 Å². The summed E-state index contributed by atoms with van der Waals surface area (Å²) in [7, 11) is -1.32. The highest BCUT2D eigenvalue weighted by atomic mass is 32.2. The first-order chi connectivity index (χ1) is 8.54. The highest BCUT2D eigenvalue weighted by Crippen LogP contribution is 2.33. The largest absolute Gasteiger partial charge is 0.320 e. The fourth-order valence-corrected chi connectivity index (χ4v) is 3.88. The van der Waals surface area contributed by atoms with Gasteiger partial charge in [0, 0.05) is 6.04 Å². The zero-order chi connectivity index (χ0) is 13.2. The van der Waals surface area contributed by atoms with Crippen molar-refractivity contribution in [2.75, 3.05) is 24.2 Å². The van der Waals surface area contributed by atoms with E-state index in [-0.39, 0.29) is 6.04 Å². The van der Waals surface area contributed by atoms with Gasteiger partial charge in [-0.15, -0.1) is 0 Å². The van der Waals surface area contributed by atoms with Crippen molar-refractivity contribution in [2.24, 2.45) is 0 Å². The van der Waals surface area contributed by atoms with Gasteiger partial charge >= 0.3 is 0 Å². The molecule has 5 heteroatoms. The van der Waals surface area contributed by atoms with E-state index in [0.29, 0.717) is 0 Å². The predicted octanol–water partition coefficient (Wildman–Crippen LogP) is 1.38. The van der Waals surface area contributed by atoms with Gasteiger partial charge in [-0.1, -0.05) is 18.2 Å². The summed E-state index contributed by atoms with van der Waals surface area (Å²) in [5.41, 5.74) is 1.98. The third kappa shape index (κ3) is 2.67. The first-order valence-corrected chi connectivity index (χ1v) is 8.11. The lowest BCUT2D eigenvalue weighted by molar-refractivity contribution is 0.517. The van der Waals surface area contributed by atoms with E-state index in [1.165, 1.54) is 6.26 Å². The van der Waals surface area contributed by atoms with E-state index in [1.807, 2.05) is 31.3 Å². The number of para-hydroxylation sites is 1. The lowest BCUT2D eigenvalue weighted by Crippen LogP contribution is -2.44. The normalized spacial score (nSPS) is 19.7. The Balaban J connectivity index is 2.37. The summed E-state index contributed by atoms with van der Waals surface area (Å²) in [4.78, 5) is 0. The minimum atomic E-state index is -3.21. The fraction of sp³-hybridized carbons (Fsp3) is 0.538. The number of anilines is 1. The van der Waals surface area contributed by atoms with Crippen LogP contribution in [0.2, 0.25) is 0 Å². The topological polar surface area (TPSA) is 49.4 Å². The van der Waals surface area contributed by atoms with E-state index in [1.54, 1.807) is 4.31 Å². The van der Waals surface area contributed by atoms with Crippen LogP contribution >= 0.6 is 0 Å². The van der Waals surface area contributed by atoms with E-state index in [4.69, 9.17) is 0 Å². The molecule has 0 saturated carbocycles.